The van der Waals surface area contributed by atoms with Crippen LogP contribution in [0.15, 0.2) is 58.3 Å². The highest BCUT2D eigenvalue weighted by atomic mass is 16.2. The van der Waals surface area contributed by atoms with Crippen molar-refractivity contribution in [2.24, 2.45) is 7.05 Å². The molecule has 1 saturated heterocycles. The molecule has 7 nitrogen and oxygen atoms in total. The van der Waals surface area contributed by atoms with Crippen LogP contribution in [0.25, 0.3) is 0 Å². The summed E-state index contributed by atoms with van der Waals surface area (Å²) in [5.74, 6) is 0.807. The first kappa shape index (κ1) is 19.1. The fraction of sp³-hybridized carbons (Fsp3) is 0.435. The van der Waals surface area contributed by atoms with Crippen molar-refractivity contribution in [1.29, 1.82) is 0 Å². The van der Waals surface area contributed by atoms with Crippen molar-refractivity contribution < 1.29 is 0 Å². The third-order valence-corrected chi connectivity index (χ3v) is 6.85. The van der Waals surface area contributed by atoms with Crippen LogP contribution in [0.3, 0.4) is 0 Å². The van der Waals surface area contributed by atoms with Gasteiger partial charge in [-0.3, -0.25) is 19.1 Å². The molecule has 5 rings (SSSR count). The van der Waals surface area contributed by atoms with E-state index in [1.54, 1.807) is 4.57 Å². The van der Waals surface area contributed by atoms with Crippen LogP contribution in [0.5, 0.6) is 0 Å². The molecule has 1 aromatic carbocycles. The van der Waals surface area contributed by atoms with Gasteiger partial charge in [0.05, 0.1) is 6.54 Å². The van der Waals surface area contributed by atoms with Gasteiger partial charge in [0.15, 0.2) is 0 Å². The average Bonchev–Trinajstić information content (AvgIpc) is 3.32. The van der Waals surface area contributed by atoms with Crippen molar-refractivity contribution in [3.8, 4) is 0 Å². The average molecular weight is 406 g/mol. The molecule has 0 atom stereocenters. The summed E-state index contributed by atoms with van der Waals surface area (Å²) in [5, 5.41) is 4.75. The smallest absolute Gasteiger partial charge is 0.332 e. The minimum absolute atomic E-state index is 0.101. The molecule has 4 heterocycles. The number of piperidine rings is 1. The van der Waals surface area contributed by atoms with Crippen molar-refractivity contribution in [1.82, 2.24) is 23.8 Å². The van der Waals surface area contributed by atoms with Crippen LogP contribution >= 0.6 is 0 Å². The van der Waals surface area contributed by atoms with Crippen LogP contribution in [-0.4, -0.2) is 36.9 Å². The molecule has 7 heteroatoms. The van der Waals surface area contributed by atoms with Gasteiger partial charge in [-0.05, 0) is 50.0 Å². The van der Waals surface area contributed by atoms with Gasteiger partial charge in [-0.2, -0.15) is 5.10 Å². The van der Waals surface area contributed by atoms with Crippen molar-refractivity contribution >= 4 is 0 Å². The zero-order valence-electron chi connectivity index (χ0n) is 17.3. The Kier molecular flexibility index (Phi) is 4.70. The molecule has 1 spiro atoms. The highest BCUT2D eigenvalue weighted by molar-refractivity contribution is 5.18. The lowest BCUT2D eigenvalue weighted by Crippen LogP contribution is -2.47. The number of aryl methyl sites for hydroxylation is 1. The Hall–Kier alpha value is -2.93. The predicted molar refractivity (Wildman–Crippen MR) is 115 cm³/mol. The Morgan fingerprint density at radius 2 is 1.63 bits per heavy atom. The summed E-state index contributed by atoms with van der Waals surface area (Å²) in [7, 11) is 2.08. The quantitative estimate of drug-likeness (QED) is 0.620. The molecule has 0 bridgehead atoms. The Morgan fingerprint density at radius 3 is 2.33 bits per heavy atom. The third kappa shape index (κ3) is 3.23. The summed E-state index contributed by atoms with van der Waals surface area (Å²) in [4.78, 5) is 27.9. The lowest BCUT2D eigenvalue weighted by atomic mass is 9.76. The van der Waals surface area contributed by atoms with E-state index in [0.29, 0.717) is 13.1 Å². The van der Waals surface area contributed by atoms with Gasteiger partial charge in [0.1, 0.15) is 5.82 Å². The molecule has 2 aromatic heterocycles. The Labute approximate surface area is 175 Å². The molecule has 0 saturated carbocycles. The van der Waals surface area contributed by atoms with Crippen molar-refractivity contribution in [2.75, 3.05) is 13.1 Å². The Bertz CT molecular complexity index is 1170. The van der Waals surface area contributed by atoms with E-state index in [1.165, 1.54) is 10.4 Å². The molecule has 2 aliphatic rings. The van der Waals surface area contributed by atoms with E-state index < -0.39 is 11.1 Å². The molecule has 0 unspecified atom stereocenters. The maximum atomic E-state index is 12.8. The van der Waals surface area contributed by atoms with Gasteiger partial charge < -0.3 is 4.57 Å². The molecule has 1 fully saturated rings. The van der Waals surface area contributed by atoms with Gasteiger partial charge in [-0.1, -0.05) is 30.3 Å². The molecule has 0 radical (unpaired) electrons. The third-order valence-electron chi connectivity index (χ3n) is 6.85. The van der Waals surface area contributed by atoms with Gasteiger partial charge in [0, 0.05) is 37.4 Å². The second-order valence-corrected chi connectivity index (χ2v) is 8.65. The minimum Gasteiger partial charge on any atom is -0.353 e. The second-order valence-electron chi connectivity index (χ2n) is 8.65. The monoisotopic (exact) mass is 405 g/mol. The lowest BCUT2D eigenvalue weighted by molar-refractivity contribution is 0.146. The van der Waals surface area contributed by atoms with E-state index >= 15 is 0 Å². The van der Waals surface area contributed by atoms with Crippen LogP contribution in [0.4, 0.5) is 0 Å². The van der Waals surface area contributed by atoms with Crippen LogP contribution in [0.1, 0.15) is 36.3 Å². The second kappa shape index (κ2) is 7.40. The van der Waals surface area contributed by atoms with E-state index in [1.807, 2.05) is 30.3 Å². The summed E-state index contributed by atoms with van der Waals surface area (Å²) in [6, 6.07) is 14.0. The van der Waals surface area contributed by atoms with Crippen LogP contribution in [0.2, 0.25) is 0 Å². The van der Waals surface area contributed by atoms with E-state index in [4.69, 9.17) is 5.10 Å². The van der Waals surface area contributed by atoms with Gasteiger partial charge in [-0.15, -0.1) is 0 Å². The fourth-order valence-electron chi connectivity index (χ4n) is 4.94. The molecule has 3 aromatic rings. The maximum Gasteiger partial charge on any atom is 0.332 e. The standard InChI is InChI=1S/C23H27N5O2/c1-25-12-5-8-19(25)17-26-13-9-23(10-14-26)11-15-27-20(29)21(30)28(24-22(23)27)16-18-6-3-2-4-7-18/h2-8,12H,9-11,13-17H2,1H3. The zero-order chi connectivity index (χ0) is 20.7. The molecule has 156 valence electrons. The SMILES string of the molecule is Cn1cccc1CN1CCC2(CC1)CCn1c2nn(Cc2ccccc2)c(=O)c1=O. The Morgan fingerprint density at radius 1 is 0.900 bits per heavy atom. The topological polar surface area (TPSA) is 65.1 Å². The summed E-state index contributed by atoms with van der Waals surface area (Å²) < 4.78 is 5.17. The van der Waals surface area contributed by atoms with Crippen LogP contribution < -0.4 is 11.1 Å². The minimum atomic E-state index is -0.527. The summed E-state index contributed by atoms with van der Waals surface area (Å²) in [5.41, 5.74) is 1.22. The molecule has 30 heavy (non-hydrogen) atoms. The van der Waals surface area contributed by atoms with Crippen molar-refractivity contribution in [2.45, 2.75) is 44.3 Å². The van der Waals surface area contributed by atoms with E-state index in [0.717, 1.165) is 50.3 Å². The highest BCUT2D eigenvalue weighted by Crippen LogP contribution is 2.41. The zero-order valence-corrected chi connectivity index (χ0v) is 17.3. The lowest BCUT2D eigenvalue weighted by Gasteiger charge is -2.38. The summed E-state index contributed by atoms with van der Waals surface area (Å²) in [6.07, 6.45) is 4.90. The molecule has 0 N–H and O–H groups in total. The first-order chi connectivity index (χ1) is 14.6. The molecular weight excluding hydrogens is 378 g/mol. The number of fused-ring (bicyclic) bond motifs is 2. The summed E-state index contributed by atoms with van der Waals surface area (Å²) in [6.45, 7) is 3.81. The molecular formula is C23H27N5O2. The largest absolute Gasteiger partial charge is 0.353 e. The number of hydrogen-bond donors (Lipinski definition) is 0. The first-order valence-corrected chi connectivity index (χ1v) is 10.6. The van der Waals surface area contributed by atoms with Gasteiger partial charge in [0.2, 0.25) is 0 Å². The molecule has 2 aliphatic heterocycles. The number of benzene rings is 1. The van der Waals surface area contributed by atoms with Gasteiger partial charge in [0.25, 0.3) is 0 Å². The maximum absolute atomic E-state index is 12.8. The van der Waals surface area contributed by atoms with E-state index in [9.17, 15) is 9.59 Å². The first-order valence-electron chi connectivity index (χ1n) is 10.6. The molecule has 0 amide bonds. The van der Waals surface area contributed by atoms with Crippen LogP contribution in [0, 0.1) is 0 Å². The number of rotatable bonds is 4. The number of nitrogens with zero attached hydrogens (tertiary/aromatic N) is 5. The predicted octanol–water partition coefficient (Wildman–Crippen LogP) is 1.73. The number of aromatic nitrogens is 4. The van der Waals surface area contributed by atoms with Crippen molar-refractivity contribution in [3.63, 3.8) is 0 Å². The van der Waals surface area contributed by atoms with Gasteiger partial charge in [-0.25, -0.2) is 4.68 Å². The van der Waals surface area contributed by atoms with Gasteiger partial charge >= 0.3 is 11.1 Å². The highest BCUT2D eigenvalue weighted by Gasteiger charge is 2.44. The number of hydrogen-bond acceptors (Lipinski definition) is 4. The summed E-state index contributed by atoms with van der Waals surface area (Å²) >= 11 is 0. The van der Waals surface area contributed by atoms with Crippen LogP contribution in [-0.2, 0) is 32.1 Å². The van der Waals surface area contributed by atoms with E-state index in [2.05, 4.69) is 34.8 Å². The Balaban J connectivity index is 1.40. The number of likely N-dealkylation sites (tertiary alicyclic amines) is 1. The molecule has 0 aliphatic carbocycles. The normalized spacial score (nSPS) is 18.0. The van der Waals surface area contributed by atoms with Crippen molar-refractivity contribution in [3.05, 3.63) is 86.5 Å². The fourth-order valence-corrected chi connectivity index (χ4v) is 4.94. The van der Waals surface area contributed by atoms with E-state index in [-0.39, 0.29) is 5.41 Å².